The fourth-order valence-corrected chi connectivity index (χ4v) is 1.07. The molecule has 0 saturated heterocycles. The Balaban J connectivity index is 3.17. The average molecular weight is 174 g/mol. The van der Waals surface area contributed by atoms with Gasteiger partial charge in [0.15, 0.2) is 0 Å². The zero-order valence-corrected chi connectivity index (χ0v) is 8.36. The summed E-state index contributed by atoms with van der Waals surface area (Å²) >= 11 is 1.38. The quantitative estimate of drug-likeness (QED) is 0.553. The Morgan fingerprint density at radius 2 is 1.36 bits per heavy atom. The Hall–Kier alpha value is -0.180. The lowest BCUT2D eigenvalue weighted by atomic mass is 10.3. The van der Waals surface area contributed by atoms with Crippen molar-refractivity contribution in [2.75, 3.05) is 13.1 Å². The van der Waals surface area contributed by atoms with Crippen LogP contribution < -0.4 is 0 Å². The van der Waals surface area contributed by atoms with Crippen LogP contribution in [0.15, 0.2) is 8.73 Å². The molecule has 11 heavy (non-hydrogen) atoms. The molecule has 0 aromatic rings. The van der Waals surface area contributed by atoms with E-state index in [2.05, 4.69) is 22.6 Å². The number of rotatable bonds is 6. The van der Waals surface area contributed by atoms with E-state index in [4.69, 9.17) is 0 Å². The third-order valence-electron chi connectivity index (χ3n) is 1.32. The Bertz CT molecular complexity index is 116. The predicted molar refractivity (Wildman–Crippen MR) is 51.8 cm³/mol. The van der Waals surface area contributed by atoms with Gasteiger partial charge in [0, 0.05) is 0 Å². The van der Waals surface area contributed by atoms with E-state index < -0.39 is 0 Å². The minimum absolute atomic E-state index is 0.955. The van der Waals surface area contributed by atoms with E-state index in [-0.39, 0.29) is 0 Å². The van der Waals surface area contributed by atoms with E-state index in [1.807, 2.05) is 0 Å². The molecule has 0 heterocycles. The molecule has 0 aliphatic heterocycles. The first-order chi connectivity index (χ1) is 5.41. The summed E-state index contributed by atoms with van der Waals surface area (Å²) in [5.74, 6) is 0. The molecule has 2 nitrogen and oxygen atoms in total. The maximum Gasteiger partial charge on any atom is 0.0577 e. The van der Waals surface area contributed by atoms with Crippen LogP contribution in [0.4, 0.5) is 0 Å². The van der Waals surface area contributed by atoms with Gasteiger partial charge in [-0.1, -0.05) is 26.7 Å². The van der Waals surface area contributed by atoms with Crippen LogP contribution in [0, 0.1) is 0 Å². The molecule has 3 heteroatoms. The van der Waals surface area contributed by atoms with E-state index in [1.165, 1.54) is 37.0 Å². The highest BCUT2D eigenvalue weighted by Crippen LogP contribution is 1.87. The van der Waals surface area contributed by atoms with Gasteiger partial charge in [-0.3, -0.25) is 0 Å². The molecule has 0 rings (SSSR count). The first-order valence-corrected chi connectivity index (χ1v) is 5.14. The standard InChI is InChI=1S/C8H18N2S/c1-3-5-7-9-11-10-8-6-4-2/h3-8H2,1-2H3. The summed E-state index contributed by atoms with van der Waals surface area (Å²) in [4.78, 5) is 0. The number of hydrogen-bond acceptors (Lipinski definition) is 2. The summed E-state index contributed by atoms with van der Waals surface area (Å²) in [6, 6.07) is 0. The van der Waals surface area contributed by atoms with Gasteiger partial charge in [-0.2, -0.15) is 0 Å². The number of unbranched alkanes of at least 4 members (excludes halogenated alkanes) is 2. The highest BCUT2D eigenvalue weighted by Gasteiger charge is 1.77. The van der Waals surface area contributed by atoms with Crippen LogP contribution in [0.2, 0.25) is 0 Å². The summed E-state index contributed by atoms with van der Waals surface area (Å²) in [5, 5.41) is 0. The van der Waals surface area contributed by atoms with Gasteiger partial charge in [-0.15, -0.1) is 0 Å². The molecule has 0 fully saturated rings. The molecule has 0 unspecified atom stereocenters. The summed E-state index contributed by atoms with van der Waals surface area (Å²) in [6.45, 7) is 6.26. The van der Waals surface area contributed by atoms with Gasteiger partial charge < -0.3 is 0 Å². The minimum Gasteiger partial charge on any atom is -0.214 e. The normalized spacial score (nSPS) is 9.27. The first kappa shape index (κ1) is 10.8. The zero-order chi connectivity index (χ0) is 8.36. The number of hydrogen-bond donors (Lipinski definition) is 0. The maximum atomic E-state index is 4.18. The van der Waals surface area contributed by atoms with Crippen LogP contribution in [0.3, 0.4) is 0 Å². The molecule has 0 aliphatic carbocycles. The van der Waals surface area contributed by atoms with Gasteiger partial charge in [-0.05, 0) is 12.8 Å². The fourth-order valence-electron chi connectivity index (χ4n) is 0.568. The van der Waals surface area contributed by atoms with Crippen LogP contribution in [-0.2, 0) is 11.4 Å². The second-order valence-corrected chi connectivity index (χ2v) is 3.17. The molecule has 0 bridgehead atoms. The van der Waals surface area contributed by atoms with Gasteiger partial charge in [0.05, 0.1) is 24.4 Å². The van der Waals surface area contributed by atoms with E-state index in [0.717, 1.165) is 13.1 Å². The third-order valence-corrected chi connectivity index (χ3v) is 1.92. The molecule has 0 aromatic heterocycles. The second-order valence-electron chi connectivity index (χ2n) is 2.49. The van der Waals surface area contributed by atoms with Gasteiger partial charge in [-0.25, -0.2) is 8.73 Å². The molecule has 66 valence electrons. The molecule has 0 aromatic carbocycles. The van der Waals surface area contributed by atoms with Crippen molar-refractivity contribution < 1.29 is 0 Å². The van der Waals surface area contributed by atoms with Crippen molar-refractivity contribution in [1.82, 2.24) is 0 Å². The molecular weight excluding hydrogens is 156 g/mol. The Morgan fingerprint density at radius 1 is 0.909 bits per heavy atom. The van der Waals surface area contributed by atoms with Gasteiger partial charge in [0.2, 0.25) is 0 Å². The summed E-state index contributed by atoms with van der Waals surface area (Å²) in [7, 11) is 0. The average Bonchev–Trinajstić information content (AvgIpc) is 2.03. The molecule has 0 radical (unpaired) electrons. The van der Waals surface area contributed by atoms with Crippen molar-refractivity contribution in [3.8, 4) is 0 Å². The van der Waals surface area contributed by atoms with Crippen LogP contribution in [0.1, 0.15) is 39.5 Å². The van der Waals surface area contributed by atoms with E-state index >= 15 is 0 Å². The van der Waals surface area contributed by atoms with Crippen molar-refractivity contribution in [2.45, 2.75) is 39.5 Å². The molecule has 0 amide bonds. The van der Waals surface area contributed by atoms with Crippen LogP contribution in [0.5, 0.6) is 0 Å². The molecular formula is C8H18N2S. The van der Waals surface area contributed by atoms with Crippen molar-refractivity contribution in [3.63, 3.8) is 0 Å². The van der Waals surface area contributed by atoms with E-state index in [0.29, 0.717) is 0 Å². The Labute approximate surface area is 73.3 Å². The fraction of sp³-hybridized carbons (Fsp3) is 1.00. The largest absolute Gasteiger partial charge is 0.214 e. The monoisotopic (exact) mass is 174 g/mol. The topological polar surface area (TPSA) is 24.7 Å². The lowest BCUT2D eigenvalue weighted by Crippen LogP contribution is -1.77. The molecule has 0 spiro atoms. The van der Waals surface area contributed by atoms with Crippen LogP contribution in [-0.4, -0.2) is 13.1 Å². The van der Waals surface area contributed by atoms with E-state index in [1.54, 1.807) is 0 Å². The van der Waals surface area contributed by atoms with Crippen molar-refractivity contribution in [2.24, 2.45) is 8.73 Å². The summed E-state index contributed by atoms with van der Waals surface area (Å²) in [5.41, 5.74) is 0. The lowest BCUT2D eigenvalue weighted by molar-refractivity contribution is 0.808. The minimum atomic E-state index is 0.955. The van der Waals surface area contributed by atoms with Crippen molar-refractivity contribution in [1.29, 1.82) is 0 Å². The highest BCUT2D eigenvalue weighted by molar-refractivity contribution is 7.57. The molecule has 0 atom stereocenters. The van der Waals surface area contributed by atoms with Crippen LogP contribution >= 0.6 is 0 Å². The first-order valence-electron chi connectivity index (χ1n) is 4.41. The van der Waals surface area contributed by atoms with Gasteiger partial charge >= 0.3 is 0 Å². The molecule has 0 aliphatic rings. The van der Waals surface area contributed by atoms with Gasteiger partial charge in [0.25, 0.3) is 0 Å². The van der Waals surface area contributed by atoms with Crippen molar-refractivity contribution >= 4 is 11.4 Å². The third kappa shape index (κ3) is 9.82. The zero-order valence-electron chi connectivity index (χ0n) is 7.55. The highest BCUT2D eigenvalue weighted by atomic mass is 32.1. The smallest absolute Gasteiger partial charge is 0.0577 e. The SMILES string of the molecule is CCCCN=S=NCCCC. The molecule has 0 N–H and O–H groups in total. The summed E-state index contributed by atoms with van der Waals surface area (Å²) < 4.78 is 8.37. The van der Waals surface area contributed by atoms with Crippen molar-refractivity contribution in [3.05, 3.63) is 0 Å². The van der Waals surface area contributed by atoms with Gasteiger partial charge in [0.1, 0.15) is 0 Å². The van der Waals surface area contributed by atoms with Crippen LogP contribution in [0.25, 0.3) is 0 Å². The van der Waals surface area contributed by atoms with E-state index in [9.17, 15) is 0 Å². The lowest BCUT2D eigenvalue weighted by Gasteiger charge is -1.85. The Kier molecular flexibility index (Phi) is 9.66. The summed E-state index contributed by atoms with van der Waals surface area (Å²) in [6.07, 6.45) is 4.82. The Morgan fingerprint density at radius 3 is 1.73 bits per heavy atom. The number of nitrogens with zero attached hydrogens (tertiary/aromatic N) is 2. The molecule has 0 saturated carbocycles. The predicted octanol–water partition coefficient (Wildman–Crippen LogP) is 3.04. The maximum absolute atomic E-state index is 4.18. The second kappa shape index (κ2) is 9.82.